The fraction of sp³-hybridized carbons (Fsp3) is 0.103. The van der Waals surface area contributed by atoms with Gasteiger partial charge in [-0.25, -0.2) is 0 Å². The molecular formula is C29H21N. The van der Waals surface area contributed by atoms with Crippen LogP contribution in [0.5, 0.6) is 0 Å². The Labute approximate surface area is 175 Å². The first kappa shape index (κ1) is 16.2. The monoisotopic (exact) mass is 383 g/mol. The second-order valence-electron chi connectivity index (χ2n) is 9.11. The number of fused-ring (bicyclic) bond motifs is 10. The molecule has 1 aromatic heterocycles. The van der Waals surface area contributed by atoms with Gasteiger partial charge in [0.05, 0.1) is 5.52 Å². The predicted molar refractivity (Wildman–Crippen MR) is 128 cm³/mol. The van der Waals surface area contributed by atoms with Gasteiger partial charge in [0.25, 0.3) is 0 Å². The Morgan fingerprint density at radius 1 is 0.633 bits per heavy atom. The van der Waals surface area contributed by atoms with Crippen molar-refractivity contribution in [3.05, 3.63) is 96.1 Å². The van der Waals surface area contributed by atoms with Crippen molar-refractivity contribution in [1.29, 1.82) is 0 Å². The lowest BCUT2D eigenvalue weighted by molar-refractivity contribution is 0.661. The van der Waals surface area contributed by atoms with Crippen molar-refractivity contribution in [3.63, 3.8) is 0 Å². The van der Waals surface area contributed by atoms with Gasteiger partial charge in [-0.2, -0.15) is 0 Å². The lowest BCUT2D eigenvalue weighted by atomic mass is 9.81. The number of H-pyrrole nitrogens is 1. The first-order valence-electron chi connectivity index (χ1n) is 10.6. The van der Waals surface area contributed by atoms with E-state index in [1.165, 1.54) is 65.6 Å². The van der Waals surface area contributed by atoms with Crippen LogP contribution in [0.2, 0.25) is 0 Å². The van der Waals surface area contributed by atoms with E-state index in [2.05, 4.69) is 104 Å². The molecule has 1 aliphatic carbocycles. The average molecular weight is 383 g/mol. The number of hydrogen-bond acceptors (Lipinski definition) is 0. The first-order chi connectivity index (χ1) is 14.6. The summed E-state index contributed by atoms with van der Waals surface area (Å²) in [5, 5.41) is 7.86. The summed E-state index contributed by atoms with van der Waals surface area (Å²) in [6.45, 7) is 4.73. The van der Waals surface area contributed by atoms with Crippen molar-refractivity contribution in [2.24, 2.45) is 0 Å². The van der Waals surface area contributed by atoms with Crippen LogP contribution in [0.3, 0.4) is 0 Å². The van der Waals surface area contributed by atoms with Crippen LogP contribution < -0.4 is 0 Å². The maximum Gasteiger partial charge on any atom is 0.0544 e. The highest BCUT2D eigenvalue weighted by Gasteiger charge is 2.37. The molecular weight excluding hydrogens is 362 g/mol. The minimum Gasteiger partial charge on any atom is -0.354 e. The molecule has 0 aliphatic heterocycles. The largest absolute Gasteiger partial charge is 0.354 e. The number of hydrogen-bond donors (Lipinski definition) is 1. The molecule has 6 aromatic rings. The molecule has 0 fully saturated rings. The zero-order valence-corrected chi connectivity index (χ0v) is 17.1. The van der Waals surface area contributed by atoms with Gasteiger partial charge in [0, 0.05) is 27.1 Å². The highest BCUT2D eigenvalue weighted by atomic mass is 14.7. The summed E-state index contributed by atoms with van der Waals surface area (Å²) in [5.74, 6) is 0. The van der Waals surface area contributed by atoms with Crippen LogP contribution in [-0.4, -0.2) is 4.98 Å². The molecule has 30 heavy (non-hydrogen) atoms. The summed E-state index contributed by atoms with van der Waals surface area (Å²) in [6, 6.07) is 31.3. The van der Waals surface area contributed by atoms with Gasteiger partial charge in [-0.1, -0.05) is 80.6 Å². The molecule has 0 amide bonds. The zero-order valence-electron chi connectivity index (χ0n) is 17.1. The van der Waals surface area contributed by atoms with Crippen LogP contribution in [0.15, 0.2) is 84.9 Å². The Kier molecular flexibility index (Phi) is 2.88. The molecule has 1 heterocycles. The van der Waals surface area contributed by atoms with Crippen LogP contribution in [-0.2, 0) is 5.41 Å². The van der Waals surface area contributed by atoms with E-state index in [1.54, 1.807) is 0 Å². The number of benzene rings is 5. The van der Waals surface area contributed by atoms with Gasteiger partial charge in [-0.05, 0) is 56.6 Å². The topological polar surface area (TPSA) is 15.8 Å². The Balaban J connectivity index is 1.69. The molecule has 0 spiro atoms. The summed E-state index contributed by atoms with van der Waals surface area (Å²) in [4.78, 5) is 3.75. The lowest BCUT2D eigenvalue weighted by Gasteiger charge is -2.21. The smallest absolute Gasteiger partial charge is 0.0544 e. The zero-order chi connectivity index (χ0) is 20.0. The van der Waals surface area contributed by atoms with E-state index in [1.807, 2.05) is 0 Å². The summed E-state index contributed by atoms with van der Waals surface area (Å²) in [6.07, 6.45) is 0. The van der Waals surface area contributed by atoms with E-state index < -0.39 is 0 Å². The fourth-order valence-corrected chi connectivity index (χ4v) is 5.65. The average Bonchev–Trinajstić information content (AvgIpc) is 3.26. The van der Waals surface area contributed by atoms with Gasteiger partial charge >= 0.3 is 0 Å². The van der Waals surface area contributed by atoms with Crippen LogP contribution >= 0.6 is 0 Å². The summed E-state index contributed by atoms with van der Waals surface area (Å²) >= 11 is 0. The molecule has 0 unspecified atom stereocenters. The molecule has 5 aromatic carbocycles. The van der Waals surface area contributed by atoms with Crippen molar-refractivity contribution in [1.82, 2.24) is 4.98 Å². The third-order valence-corrected chi connectivity index (χ3v) is 7.17. The number of rotatable bonds is 0. The maximum absolute atomic E-state index is 3.75. The molecule has 1 nitrogen and oxygen atoms in total. The molecule has 1 N–H and O–H groups in total. The second kappa shape index (κ2) is 5.31. The molecule has 1 aliphatic rings. The Morgan fingerprint density at radius 2 is 1.37 bits per heavy atom. The van der Waals surface area contributed by atoms with Gasteiger partial charge in [0.2, 0.25) is 0 Å². The van der Waals surface area contributed by atoms with E-state index in [0.29, 0.717) is 0 Å². The fourth-order valence-electron chi connectivity index (χ4n) is 5.65. The molecule has 7 rings (SSSR count). The lowest BCUT2D eigenvalue weighted by Crippen LogP contribution is -2.14. The second-order valence-corrected chi connectivity index (χ2v) is 9.11. The van der Waals surface area contributed by atoms with Gasteiger partial charge in [-0.3, -0.25) is 0 Å². The minimum absolute atomic E-state index is 0.0106. The Bertz CT molecular complexity index is 1660. The van der Waals surface area contributed by atoms with Gasteiger partial charge in [0.15, 0.2) is 0 Å². The van der Waals surface area contributed by atoms with Crippen LogP contribution in [0.1, 0.15) is 25.0 Å². The number of aromatic nitrogens is 1. The van der Waals surface area contributed by atoms with E-state index >= 15 is 0 Å². The normalized spacial score (nSPS) is 14.6. The molecule has 142 valence electrons. The molecule has 0 bridgehead atoms. The first-order valence-corrected chi connectivity index (χ1v) is 10.6. The molecule has 0 radical (unpaired) electrons. The number of nitrogens with one attached hydrogen (secondary N) is 1. The summed E-state index contributed by atoms with van der Waals surface area (Å²) < 4.78 is 0. The van der Waals surface area contributed by atoms with E-state index in [9.17, 15) is 0 Å². The highest BCUT2D eigenvalue weighted by molar-refractivity contribution is 6.22. The molecule has 1 heteroatoms. The highest BCUT2D eigenvalue weighted by Crippen LogP contribution is 2.53. The number of aromatic amines is 1. The predicted octanol–water partition coefficient (Wildman–Crippen LogP) is 7.93. The molecule has 0 atom stereocenters. The van der Waals surface area contributed by atoms with Crippen molar-refractivity contribution < 1.29 is 0 Å². The Hall–Kier alpha value is -3.58. The van der Waals surface area contributed by atoms with Gasteiger partial charge < -0.3 is 4.98 Å². The summed E-state index contributed by atoms with van der Waals surface area (Å²) in [7, 11) is 0. The third kappa shape index (κ3) is 1.88. The van der Waals surface area contributed by atoms with Crippen molar-refractivity contribution >= 4 is 43.4 Å². The van der Waals surface area contributed by atoms with Crippen molar-refractivity contribution in [3.8, 4) is 11.1 Å². The standard InChI is InChI=1S/C29H21N/c1-29(2)23-13-14-25-27(21-12-11-17-7-5-6-10-20(17)28(21)30-25)26(23)22-15-18-8-3-4-9-19(18)16-24(22)29/h3-16,30H,1-2H3. The van der Waals surface area contributed by atoms with Crippen LogP contribution in [0.4, 0.5) is 0 Å². The molecule has 0 saturated carbocycles. The third-order valence-electron chi connectivity index (χ3n) is 7.17. The minimum atomic E-state index is -0.0106. The van der Waals surface area contributed by atoms with Gasteiger partial charge in [-0.15, -0.1) is 0 Å². The van der Waals surface area contributed by atoms with Gasteiger partial charge in [0.1, 0.15) is 0 Å². The van der Waals surface area contributed by atoms with Crippen LogP contribution in [0.25, 0.3) is 54.5 Å². The summed E-state index contributed by atoms with van der Waals surface area (Å²) in [5.41, 5.74) is 8.09. The molecule has 0 saturated heterocycles. The quantitative estimate of drug-likeness (QED) is 0.274. The van der Waals surface area contributed by atoms with E-state index in [-0.39, 0.29) is 5.41 Å². The van der Waals surface area contributed by atoms with Crippen molar-refractivity contribution in [2.45, 2.75) is 19.3 Å². The van der Waals surface area contributed by atoms with E-state index in [4.69, 9.17) is 0 Å². The van der Waals surface area contributed by atoms with Crippen molar-refractivity contribution in [2.75, 3.05) is 0 Å². The SMILES string of the molecule is CC1(C)c2cc3ccccc3cc2-c2c1ccc1[nH]c3c4ccccc4ccc3c21. The maximum atomic E-state index is 3.75. The van der Waals surface area contributed by atoms with Crippen LogP contribution in [0, 0.1) is 0 Å². The Morgan fingerprint density at radius 3 is 2.20 bits per heavy atom. The van der Waals surface area contributed by atoms with E-state index in [0.717, 1.165) is 0 Å².